The number of nitrogens with zero attached hydrogens (tertiary/aromatic N) is 5. The SMILES string of the molecule is CNC(=O)Oc1ccc(-c2nc(N3CCOCC3)c3cnn(C4CCCCO4)c3n2)cc1. The Kier molecular flexibility index (Phi) is 5.87. The van der Waals surface area contributed by atoms with Gasteiger partial charge >= 0.3 is 6.09 Å². The summed E-state index contributed by atoms with van der Waals surface area (Å²) in [6.45, 7) is 3.57. The van der Waals surface area contributed by atoms with Crippen molar-refractivity contribution in [2.24, 2.45) is 0 Å². The van der Waals surface area contributed by atoms with Gasteiger partial charge in [-0.15, -0.1) is 0 Å². The molecule has 10 nitrogen and oxygen atoms in total. The summed E-state index contributed by atoms with van der Waals surface area (Å²) in [4.78, 5) is 23.5. The van der Waals surface area contributed by atoms with Gasteiger partial charge in [-0.1, -0.05) is 0 Å². The fourth-order valence-electron chi connectivity index (χ4n) is 4.01. The molecule has 2 aliphatic heterocycles. The molecule has 168 valence electrons. The van der Waals surface area contributed by atoms with E-state index in [0.717, 1.165) is 61.4 Å². The van der Waals surface area contributed by atoms with Crippen molar-refractivity contribution in [2.75, 3.05) is 44.9 Å². The largest absolute Gasteiger partial charge is 0.412 e. The lowest BCUT2D eigenvalue weighted by molar-refractivity contribution is -0.0370. The second kappa shape index (κ2) is 9.09. The molecule has 1 unspecified atom stereocenters. The Labute approximate surface area is 185 Å². The van der Waals surface area contributed by atoms with Gasteiger partial charge in [0.2, 0.25) is 0 Å². The van der Waals surface area contributed by atoms with Crippen molar-refractivity contribution in [2.45, 2.75) is 25.5 Å². The molecule has 0 radical (unpaired) electrons. The van der Waals surface area contributed by atoms with Gasteiger partial charge in [0.05, 0.1) is 24.8 Å². The van der Waals surface area contributed by atoms with E-state index in [9.17, 15) is 4.79 Å². The maximum absolute atomic E-state index is 11.5. The molecule has 4 heterocycles. The number of rotatable bonds is 4. The molecule has 1 aromatic carbocycles. The number of hydrogen-bond acceptors (Lipinski definition) is 8. The highest BCUT2D eigenvalue weighted by atomic mass is 16.6. The first-order valence-corrected chi connectivity index (χ1v) is 10.9. The van der Waals surface area contributed by atoms with E-state index in [1.165, 1.54) is 7.05 Å². The maximum atomic E-state index is 11.5. The van der Waals surface area contributed by atoms with Gasteiger partial charge in [-0.3, -0.25) is 0 Å². The van der Waals surface area contributed by atoms with Crippen LogP contribution in [-0.2, 0) is 9.47 Å². The van der Waals surface area contributed by atoms with E-state index >= 15 is 0 Å². The minimum atomic E-state index is -0.513. The van der Waals surface area contributed by atoms with Crippen molar-refractivity contribution in [3.05, 3.63) is 30.5 Å². The van der Waals surface area contributed by atoms with Crippen LogP contribution in [0.4, 0.5) is 10.6 Å². The highest BCUT2D eigenvalue weighted by Crippen LogP contribution is 2.32. The lowest BCUT2D eigenvalue weighted by Crippen LogP contribution is -2.37. The van der Waals surface area contributed by atoms with Gasteiger partial charge in [0, 0.05) is 32.3 Å². The number of hydrogen-bond donors (Lipinski definition) is 1. The van der Waals surface area contributed by atoms with Gasteiger partial charge in [0.25, 0.3) is 0 Å². The molecule has 2 saturated heterocycles. The van der Waals surface area contributed by atoms with Crippen LogP contribution in [0.1, 0.15) is 25.5 Å². The summed E-state index contributed by atoms with van der Waals surface area (Å²) in [6, 6.07) is 7.16. The fourth-order valence-corrected chi connectivity index (χ4v) is 4.01. The summed E-state index contributed by atoms with van der Waals surface area (Å²) in [5, 5.41) is 7.97. The van der Waals surface area contributed by atoms with Crippen LogP contribution in [0.15, 0.2) is 30.5 Å². The number of carbonyl (C=O) groups excluding carboxylic acids is 1. The summed E-state index contributed by atoms with van der Waals surface area (Å²) < 4.78 is 18.6. The predicted octanol–water partition coefficient (Wildman–Crippen LogP) is 2.75. The topological polar surface area (TPSA) is 104 Å². The molecular formula is C22H26N6O4. The Hall–Kier alpha value is -3.24. The standard InChI is InChI=1S/C22H26N6O4/c1-23-22(29)32-16-7-5-15(6-8-16)19-25-20(27-9-12-30-13-10-27)17-14-24-28(21(17)26-19)18-4-2-3-11-31-18/h5-8,14,18H,2-4,9-13H2,1H3,(H,23,29). The van der Waals surface area contributed by atoms with Crippen molar-refractivity contribution in [3.63, 3.8) is 0 Å². The summed E-state index contributed by atoms with van der Waals surface area (Å²) in [5.41, 5.74) is 1.58. The molecule has 1 N–H and O–H groups in total. The van der Waals surface area contributed by atoms with Crippen LogP contribution in [0.2, 0.25) is 0 Å². The van der Waals surface area contributed by atoms with Gasteiger partial charge < -0.3 is 24.4 Å². The van der Waals surface area contributed by atoms with Crippen LogP contribution in [-0.4, -0.2) is 65.8 Å². The molecule has 2 fully saturated rings. The van der Waals surface area contributed by atoms with Gasteiger partial charge in [-0.05, 0) is 43.5 Å². The number of benzene rings is 1. The lowest BCUT2D eigenvalue weighted by atomic mass is 10.2. The number of fused-ring (bicyclic) bond motifs is 1. The van der Waals surface area contributed by atoms with E-state index < -0.39 is 6.09 Å². The van der Waals surface area contributed by atoms with Crippen LogP contribution in [0.3, 0.4) is 0 Å². The van der Waals surface area contributed by atoms with Crippen LogP contribution in [0.25, 0.3) is 22.4 Å². The maximum Gasteiger partial charge on any atom is 0.412 e. The minimum Gasteiger partial charge on any atom is -0.410 e. The molecule has 1 amide bonds. The molecule has 0 spiro atoms. The summed E-state index contributed by atoms with van der Waals surface area (Å²) in [7, 11) is 1.52. The molecule has 3 aromatic rings. The van der Waals surface area contributed by atoms with Gasteiger partial charge in [-0.25, -0.2) is 19.4 Å². The number of nitrogens with one attached hydrogen (secondary N) is 1. The van der Waals surface area contributed by atoms with Gasteiger partial charge in [-0.2, -0.15) is 5.10 Å². The zero-order valence-electron chi connectivity index (χ0n) is 18.0. The first-order chi connectivity index (χ1) is 15.7. The highest BCUT2D eigenvalue weighted by Gasteiger charge is 2.24. The van der Waals surface area contributed by atoms with Crippen molar-refractivity contribution >= 4 is 22.9 Å². The average molecular weight is 438 g/mol. The second-order valence-electron chi connectivity index (χ2n) is 7.78. The molecule has 2 aliphatic rings. The number of aromatic nitrogens is 4. The van der Waals surface area contributed by atoms with Crippen molar-refractivity contribution in [3.8, 4) is 17.1 Å². The number of anilines is 1. The minimum absolute atomic E-state index is 0.120. The van der Waals surface area contributed by atoms with Crippen molar-refractivity contribution in [1.82, 2.24) is 25.1 Å². The molecule has 1 atom stereocenters. The zero-order valence-corrected chi connectivity index (χ0v) is 18.0. The third-order valence-corrected chi connectivity index (χ3v) is 5.70. The molecule has 0 aliphatic carbocycles. The first kappa shape index (κ1) is 20.7. The Morgan fingerprint density at radius 2 is 1.94 bits per heavy atom. The summed E-state index contributed by atoms with van der Waals surface area (Å²) >= 11 is 0. The highest BCUT2D eigenvalue weighted by molar-refractivity contribution is 5.89. The molecule has 32 heavy (non-hydrogen) atoms. The van der Waals surface area contributed by atoms with Crippen LogP contribution >= 0.6 is 0 Å². The van der Waals surface area contributed by atoms with Gasteiger partial charge in [0.15, 0.2) is 17.7 Å². The first-order valence-electron chi connectivity index (χ1n) is 10.9. The number of amides is 1. The molecular weight excluding hydrogens is 412 g/mol. The van der Waals surface area contributed by atoms with Crippen molar-refractivity contribution in [1.29, 1.82) is 0 Å². The van der Waals surface area contributed by atoms with E-state index in [4.69, 9.17) is 24.2 Å². The molecule has 0 bridgehead atoms. The predicted molar refractivity (Wildman–Crippen MR) is 118 cm³/mol. The number of morpholine rings is 1. The van der Waals surface area contributed by atoms with Gasteiger partial charge in [0.1, 0.15) is 11.6 Å². The Balaban J connectivity index is 1.56. The van der Waals surface area contributed by atoms with E-state index in [2.05, 4.69) is 15.3 Å². The summed E-state index contributed by atoms with van der Waals surface area (Å²) in [5.74, 6) is 1.88. The van der Waals surface area contributed by atoms with E-state index in [1.54, 1.807) is 12.1 Å². The van der Waals surface area contributed by atoms with E-state index in [-0.39, 0.29) is 6.23 Å². The summed E-state index contributed by atoms with van der Waals surface area (Å²) in [6.07, 6.45) is 4.29. The average Bonchev–Trinajstić information content (AvgIpc) is 3.29. The van der Waals surface area contributed by atoms with Crippen LogP contribution in [0.5, 0.6) is 5.75 Å². The molecule has 2 aromatic heterocycles. The zero-order chi connectivity index (χ0) is 21.9. The Morgan fingerprint density at radius 3 is 2.66 bits per heavy atom. The normalized spacial score (nSPS) is 19.2. The van der Waals surface area contributed by atoms with E-state index in [0.29, 0.717) is 24.8 Å². The number of ether oxygens (including phenoxy) is 3. The second-order valence-corrected chi connectivity index (χ2v) is 7.78. The smallest absolute Gasteiger partial charge is 0.410 e. The van der Waals surface area contributed by atoms with Crippen LogP contribution < -0.4 is 15.0 Å². The third-order valence-electron chi connectivity index (χ3n) is 5.70. The lowest BCUT2D eigenvalue weighted by Gasteiger charge is -2.28. The Morgan fingerprint density at radius 1 is 1.12 bits per heavy atom. The quantitative estimate of drug-likeness (QED) is 0.663. The Bertz CT molecular complexity index is 1090. The molecule has 0 saturated carbocycles. The number of carbonyl (C=O) groups is 1. The van der Waals surface area contributed by atoms with Crippen LogP contribution in [0, 0.1) is 0 Å². The van der Waals surface area contributed by atoms with Crippen molar-refractivity contribution < 1.29 is 19.0 Å². The third kappa shape index (κ3) is 4.11. The fraction of sp³-hybridized carbons (Fsp3) is 0.455. The molecule has 10 heteroatoms. The monoisotopic (exact) mass is 438 g/mol. The van der Waals surface area contributed by atoms with E-state index in [1.807, 2.05) is 23.0 Å². The molecule has 5 rings (SSSR count).